The lowest BCUT2D eigenvalue weighted by atomic mass is 10.2. The maximum absolute atomic E-state index is 12.8. The smallest absolute Gasteiger partial charge is 0.232 e. The molecule has 2 aromatic rings. The summed E-state index contributed by atoms with van der Waals surface area (Å²) in [5.74, 6) is 0.00441. The molecule has 9 heteroatoms. The van der Waals surface area contributed by atoms with E-state index >= 15 is 0 Å². The Bertz CT molecular complexity index is 874. The summed E-state index contributed by atoms with van der Waals surface area (Å²) in [6.45, 7) is 0.789. The van der Waals surface area contributed by atoms with Crippen LogP contribution in [-0.4, -0.2) is 40.3 Å². The highest BCUT2D eigenvalue weighted by Crippen LogP contribution is 2.19. The first kappa shape index (κ1) is 22.4. The second kappa shape index (κ2) is 10.6. The van der Waals surface area contributed by atoms with Crippen molar-refractivity contribution >= 4 is 44.2 Å². The van der Waals surface area contributed by atoms with Crippen molar-refractivity contribution < 1.29 is 22.3 Å². The first-order valence-corrected chi connectivity index (χ1v) is 11.6. The van der Waals surface area contributed by atoms with Crippen molar-refractivity contribution in [3.8, 4) is 5.75 Å². The van der Waals surface area contributed by atoms with E-state index in [1.165, 1.54) is 28.6 Å². The van der Waals surface area contributed by atoms with Gasteiger partial charge >= 0.3 is 0 Å². The van der Waals surface area contributed by atoms with E-state index in [1.807, 2.05) is 12.1 Å². The maximum atomic E-state index is 12.8. The van der Waals surface area contributed by atoms with Gasteiger partial charge in [0.2, 0.25) is 15.9 Å². The van der Waals surface area contributed by atoms with Crippen LogP contribution in [0.15, 0.2) is 48.5 Å². The zero-order chi connectivity index (χ0) is 20.6. The first-order chi connectivity index (χ1) is 13.3. The van der Waals surface area contributed by atoms with Crippen LogP contribution in [0.1, 0.15) is 12.8 Å². The van der Waals surface area contributed by atoms with Gasteiger partial charge in [0.15, 0.2) is 0 Å². The minimum Gasteiger partial charge on any atom is -0.492 e. The molecule has 152 valence electrons. The van der Waals surface area contributed by atoms with E-state index in [-0.39, 0.29) is 31.3 Å². The summed E-state index contributed by atoms with van der Waals surface area (Å²) in [5.41, 5.74) is 0.580. The zero-order valence-corrected chi connectivity index (χ0v) is 18.4. The number of ether oxygens (including phenoxy) is 1. The predicted molar refractivity (Wildman–Crippen MR) is 115 cm³/mol. The summed E-state index contributed by atoms with van der Waals surface area (Å²) < 4.78 is 44.6. The molecule has 0 bridgehead atoms. The van der Waals surface area contributed by atoms with Crippen molar-refractivity contribution in [1.29, 1.82) is 0 Å². The van der Waals surface area contributed by atoms with E-state index in [9.17, 15) is 17.6 Å². The van der Waals surface area contributed by atoms with E-state index < -0.39 is 10.0 Å². The molecule has 0 heterocycles. The van der Waals surface area contributed by atoms with Crippen LogP contribution in [0, 0.1) is 9.39 Å². The quantitative estimate of drug-likeness (QED) is 0.386. The van der Waals surface area contributed by atoms with Crippen molar-refractivity contribution in [3.63, 3.8) is 0 Å². The van der Waals surface area contributed by atoms with Crippen molar-refractivity contribution in [1.82, 2.24) is 5.32 Å². The number of nitrogens with zero attached hydrogens (tertiary/aromatic N) is 1. The third-order valence-corrected chi connectivity index (χ3v) is 5.70. The van der Waals surface area contributed by atoms with Gasteiger partial charge in [-0.3, -0.25) is 9.10 Å². The summed E-state index contributed by atoms with van der Waals surface area (Å²) in [7, 11) is -3.43. The molecule has 1 N–H and O–H groups in total. The van der Waals surface area contributed by atoms with Crippen LogP contribution < -0.4 is 14.4 Å². The minimum absolute atomic E-state index is 0.182. The predicted octanol–water partition coefficient (Wildman–Crippen LogP) is 3.17. The Hall–Kier alpha value is -1.88. The van der Waals surface area contributed by atoms with Crippen LogP contribution >= 0.6 is 22.6 Å². The van der Waals surface area contributed by atoms with E-state index in [4.69, 9.17) is 4.74 Å². The topological polar surface area (TPSA) is 75.7 Å². The Morgan fingerprint density at radius 3 is 2.39 bits per heavy atom. The average molecular weight is 520 g/mol. The van der Waals surface area contributed by atoms with E-state index in [2.05, 4.69) is 27.9 Å². The number of carbonyl (C=O) groups is 1. The number of nitrogens with one attached hydrogen (secondary N) is 1. The van der Waals surface area contributed by atoms with Crippen molar-refractivity contribution in [2.45, 2.75) is 12.8 Å². The number of halogens is 2. The van der Waals surface area contributed by atoms with E-state index in [0.717, 1.165) is 9.83 Å². The van der Waals surface area contributed by atoms with Gasteiger partial charge < -0.3 is 10.1 Å². The number of benzene rings is 2. The Morgan fingerprint density at radius 2 is 1.79 bits per heavy atom. The molecule has 6 nitrogen and oxygen atoms in total. The number of rotatable bonds is 10. The van der Waals surface area contributed by atoms with Gasteiger partial charge in [-0.05, 0) is 77.5 Å². The number of anilines is 1. The molecule has 0 aromatic heterocycles. The van der Waals surface area contributed by atoms with Gasteiger partial charge in [-0.1, -0.05) is 0 Å². The minimum atomic E-state index is -3.43. The van der Waals surface area contributed by atoms with Gasteiger partial charge in [0.05, 0.1) is 18.5 Å². The second-order valence-corrected chi connectivity index (χ2v) is 9.22. The number of carbonyl (C=O) groups excluding carboxylic acids is 1. The zero-order valence-electron chi connectivity index (χ0n) is 15.4. The second-order valence-electron chi connectivity index (χ2n) is 6.07. The molecule has 0 unspecified atom stereocenters. The standard InChI is InChI=1S/C19H22FIN2O4S/c1-28(25,26)23(17-8-6-16(21)7-9-17)13-2-3-19(24)22-12-14-27-18-10-4-15(20)5-11-18/h4-11H,2-3,12-14H2,1H3,(H,22,24). The van der Waals surface area contributed by atoms with Gasteiger partial charge in [-0.25, -0.2) is 12.8 Å². The van der Waals surface area contributed by atoms with Crippen LogP contribution in [0.5, 0.6) is 5.75 Å². The molecule has 0 aliphatic heterocycles. The molecule has 0 aliphatic rings. The largest absolute Gasteiger partial charge is 0.492 e. The number of amides is 1. The molecule has 28 heavy (non-hydrogen) atoms. The average Bonchev–Trinajstić information content (AvgIpc) is 2.64. The Labute approximate surface area is 178 Å². The van der Waals surface area contributed by atoms with E-state index in [0.29, 0.717) is 24.4 Å². The molecule has 0 saturated heterocycles. The number of hydrogen-bond acceptors (Lipinski definition) is 4. The first-order valence-electron chi connectivity index (χ1n) is 8.64. The molecular weight excluding hydrogens is 498 g/mol. The summed E-state index contributed by atoms with van der Waals surface area (Å²) >= 11 is 2.15. The molecule has 0 radical (unpaired) electrons. The fraction of sp³-hybridized carbons (Fsp3) is 0.316. The lowest BCUT2D eigenvalue weighted by molar-refractivity contribution is -0.121. The van der Waals surface area contributed by atoms with E-state index in [1.54, 1.807) is 12.1 Å². The molecule has 2 rings (SSSR count). The fourth-order valence-corrected chi connectivity index (χ4v) is 3.78. The monoisotopic (exact) mass is 520 g/mol. The Morgan fingerprint density at radius 1 is 1.14 bits per heavy atom. The molecule has 2 aromatic carbocycles. The summed E-state index contributed by atoms with van der Waals surface area (Å²) in [4.78, 5) is 11.9. The lowest BCUT2D eigenvalue weighted by Crippen LogP contribution is -2.32. The Kier molecular flexibility index (Phi) is 8.49. The SMILES string of the molecule is CS(=O)(=O)N(CCCC(=O)NCCOc1ccc(F)cc1)c1ccc(I)cc1. The highest BCUT2D eigenvalue weighted by atomic mass is 127. The van der Waals surface area contributed by atoms with Crippen molar-refractivity contribution in [2.75, 3.05) is 30.3 Å². The highest BCUT2D eigenvalue weighted by Gasteiger charge is 2.17. The van der Waals surface area contributed by atoms with Gasteiger partial charge in [0, 0.05) is 16.5 Å². The van der Waals surface area contributed by atoms with Gasteiger partial charge in [-0.15, -0.1) is 0 Å². The fourth-order valence-electron chi connectivity index (χ4n) is 2.46. The molecule has 0 fully saturated rings. The Balaban J connectivity index is 1.73. The van der Waals surface area contributed by atoms with Crippen LogP contribution in [-0.2, 0) is 14.8 Å². The molecule has 0 saturated carbocycles. The number of hydrogen-bond donors (Lipinski definition) is 1. The van der Waals surface area contributed by atoms with Crippen molar-refractivity contribution in [2.24, 2.45) is 0 Å². The van der Waals surface area contributed by atoms with Gasteiger partial charge in [0.25, 0.3) is 0 Å². The van der Waals surface area contributed by atoms with Gasteiger partial charge in [-0.2, -0.15) is 0 Å². The molecular formula is C19H22FIN2O4S. The van der Waals surface area contributed by atoms with Crippen LogP contribution in [0.3, 0.4) is 0 Å². The third kappa shape index (κ3) is 7.63. The lowest BCUT2D eigenvalue weighted by Gasteiger charge is -2.22. The highest BCUT2D eigenvalue weighted by molar-refractivity contribution is 14.1. The van der Waals surface area contributed by atoms with Crippen LogP contribution in [0.2, 0.25) is 0 Å². The third-order valence-electron chi connectivity index (χ3n) is 3.79. The number of sulfonamides is 1. The van der Waals surface area contributed by atoms with Crippen LogP contribution in [0.4, 0.5) is 10.1 Å². The summed E-state index contributed by atoms with van der Waals surface area (Å²) in [6.07, 6.45) is 1.74. The normalized spacial score (nSPS) is 11.1. The molecule has 1 amide bonds. The molecule has 0 aliphatic carbocycles. The van der Waals surface area contributed by atoms with Crippen LogP contribution in [0.25, 0.3) is 0 Å². The summed E-state index contributed by atoms with van der Waals surface area (Å²) in [6, 6.07) is 12.8. The molecule has 0 atom stereocenters. The molecule has 0 spiro atoms. The maximum Gasteiger partial charge on any atom is 0.232 e. The van der Waals surface area contributed by atoms with Crippen molar-refractivity contribution in [3.05, 3.63) is 57.9 Å². The van der Waals surface area contributed by atoms with Gasteiger partial charge in [0.1, 0.15) is 18.2 Å². The summed E-state index contributed by atoms with van der Waals surface area (Å²) in [5, 5.41) is 2.72.